The summed E-state index contributed by atoms with van der Waals surface area (Å²) in [6, 6.07) is 8.97. The second kappa shape index (κ2) is 4.97. The van der Waals surface area contributed by atoms with Crippen LogP contribution in [0.25, 0.3) is 0 Å². The molecule has 1 amide bonds. The van der Waals surface area contributed by atoms with Crippen molar-refractivity contribution in [1.82, 2.24) is 5.32 Å². The summed E-state index contributed by atoms with van der Waals surface area (Å²) in [5.74, 6) is 1.29. The molecule has 1 aromatic heterocycles. The van der Waals surface area contributed by atoms with Gasteiger partial charge in [-0.3, -0.25) is 4.79 Å². The minimum Gasteiger partial charge on any atom is -0.480 e. The number of amides is 1. The molecule has 0 spiro atoms. The van der Waals surface area contributed by atoms with Crippen LogP contribution in [-0.4, -0.2) is 12.0 Å². The first-order valence-corrected chi connectivity index (χ1v) is 6.35. The Morgan fingerprint density at radius 3 is 3.11 bits per heavy atom. The fourth-order valence-corrected chi connectivity index (χ4v) is 2.26. The average Bonchev–Trinajstić information content (AvgIpc) is 3.04. The van der Waals surface area contributed by atoms with Crippen LogP contribution >= 0.6 is 11.6 Å². The van der Waals surface area contributed by atoms with E-state index in [1.165, 1.54) is 0 Å². The van der Waals surface area contributed by atoms with Gasteiger partial charge in [0.25, 0.3) is 5.91 Å². The molecule has 0 bridgehead atoms. The highest BCUT2D eigenvalue weighted by atomic mass is 35.5. The van der Waals surface area contributed by atoms with Crippen LogP contribution in [0.4, 0.5) is 0 Å². The van der Waals surface area contributed by atoms with Crippen molar-refractivity contribution in [2.45, 2.75) is 19.1 Å². The highest BCUT2D eigenvalue weighted by Crippen LogP contribution is 2.31. The van der Waals surface area contributed by atoms with Crippen LogP contribution in [0.15, 0.2) is 41.0 Å². The Hall–Kier alpha value is -1.94. The largest absolute Gasteiger partial charge is 0.480 e. The van der Waals surface area contributed by atoms with Crippen LogP contribution in [0, 0.1) is 0 Å². The lowest BCUT2D eigenvalue weighted by Crippen LogP contribution is -2.36. The molecule has 3 rings (SSSR count). The molecule has 1 aliphatic rings. The number of hydrogen-bond donors (Lipinski definition) is 1. The van der Waals surface area contributed by atoms with E-state index < -0.39 is 6.10 Å². The number of carbonyl (C=O) groups is 1. The van der Waals surface area contributed by atoms with Crippen molar-refractivity contribution in [1.29, 1.82) is 0 Å². The molecule has 19 heavy (non-hydrogen) atoms. The maximum Gasteiger partial charge on any atom is 0.261 e. The Morgan fingerprint density at radius 1 is 1.42 bits per heavy atom. The van der Waals surface area contributed by atoms with Crippen molar-refractivity contribution in [2.24, 2.45) is 0 Å². The molecule has 1 atom stereocenters. The van der Waals surface area contributed by atoms with Gasteiger partial charge in [0.15, 0.2) is 6.10 Å². The molecular weight excluding hydrogens is 266 g/mol. The number of furan rings is 1. The van der Waals surface area contributed by atoms with Crippen molar-refractivity contribution < 1.29 is 13.9 Å². The smallest absolute Gasteiger partial charge is 0.261 e. The number of rotatable bonds is 3. The molecule has 2 aromatic rings. The molecule has 0 aliphatic carbocycles. The zero-order chi connectivity index (χ0) is 13.2. The molecular formula is C14H12ClNO3. The summed E-state index contributed by atoms with van der Waals surface area (Å²) in [6.07, 6.45) is 1.62. The van der Waals surface area contributed by atoms with Crippen molar-refractivity contribution in [3.05, 3.63) is 52.9 Å². The lowest BCUT2D eigenvalue weighted by molar-refractivity contribution is -0.127. The molecule has 0 radical (unpaired) electrons. The monoisotopic (exact) mass is 277 g/mol. The standard InChI is InChI=1S/C14H12ClNO3/c15-10-3-4-12-9(6-10)7-13(19-12)14(17)16-8-11-2-1-5-18-11/h1-6,13H,7-8H2,(H,16,17)/t13-/m1/s1. The highest BCUT2D eigenvalue weighted by molar-refractivity contribution is 6.30. The van der Waals surface area contributed by atoms with Crippen molar-refractivity contribution in [2.75, 3.05) is 0 Å². The lowest BCUT2D eigenvalue weighted by Gasteiger charge is -2.10. The van der Waals surface area contributed by atoms with Crippen LogP contribution in [0.2, 0.25) is 5.02 Å². The predicted molar refractivity (Wildman–Crippen MR) is 70.1 cm³/mol. The predicted octanol–water partition coefficient (Wildman–Crippen LogP) is 2.55. The van der Waals surface area contributed by atoms with E-state index in [9.17, 15) is 4.79 Å². The molecule has 0 saturated heterocycles. The van der Waals surface area contributed by atoms with E-state index in [-0.39, 0.29) is 5.91 Å². The normalized spacial score (nSPS) is 16.8. The van der Waals surface area contributed by atoms with E-state index in [4.69, 9.17) is 20.8 Å². The first kappa shape index (κ1) is 12.1. The van der Waals surface area contributed by atoms with Crippen molar-refractivity contribution in [3.63, 3.8) is 0 Å². The Labute approximate surface area is 115 Å². The Bertz CT molecular complexity index is 595. The third-order valence-electron chi connectivity index (χ3n) is 3.01. The van der Waals surface area contributed by atoms with E-state index in [2.05, 4.69) is 5.32 Å². The van der Waals surface area contributed by atoms with Gasteiger partial charge >= 0.3 is 0 Å². The maximum atomic E-state index is 12.0. The van der Waals surface area contributed by atoms with Crippen LogP contribution in [-0.2, 0) is 17.8 Å². The molecule has 1 aliphatic heterocycles. The second-order valence-corrected chi connectivity index (χ2v) is 4.80. The molecule has 0 saturated carbocycles. The summed E-state index contributed by atoms with van der Waals surface area (Å²) < 4.78 is 10.7. The Kier molecular flexibility index (Phi) is 3.17. The van der Waals surface area contributed by atoms with Crippen molar-refractivity contribution >= 4 is 17.5 Å². The number of halogens is 1. The summed E-state index contributed by atoms with van der Waals surface area (Å²) in [7, 11) is 0. The summed E-state index contributed by atoms with van der Waals surface area (Å²) in [5, 5.41) is 3.44. The lowest BCUT2D eigenvalue weighted by atomic mass is 10.1. The van der Waals surface area contributed by atoms with Gasteiger partial charge in [-0.25, -0.2) is 0 Å². The SMILES string of the molecule is O=C(NCc1ccco1)[C@H]1Cc2cc(Cl)ccc2O1. The number of carbonyl (C=O) groups excluding carboxylic acids is 1. The maximum absolute atomic E-state index is 12.0. The summed E-state index contributed by atoms with van der Waals surface area (Å²) in [5.41, 5.74) is 0.964. The van der Waals surface area contributed by atoms with Crippen molar-refractivity contribution in [3.8, 4) is 5.75 Å². The molecule has 1 aromatic carbocycles. The summed E-state index contributed by atoms with van der Waals surface area (Å²) >= 11 is 5.91. The zero-order valence-electron chi connectivity index (χ0n) is 10.1. The zero-order valence-corrected chi connectivity index (χ0v) is 10.8. The fraction of sp³-hybridized carbons (Fsp3) is 0.214. The third kappa shape index (κ3) is 2.58. The van der Waals surface area contributed by atoms with E-state index in [1.54, 1.807) is 24.5 Å². The molecule has 4 nitrogen and oxygen atoms in total. The Morgan fingerprint density at radius 2 is 2.32 bits per heavy atom. The van der Waals surface area contributed by atoms with Crippen LogP contribution in [0.3, 0.4) is 0 Å². The number of benzene rings is 1. The van der Waals surface area contributed by atoms with E-state index in [0.29, 0.717) is 23.7 Å². The quantitative estimate of drug-likeness (QED) is 0.938. The Balaban J connectivity index is 1.61. The molecule has 5 heteroatoms. The molecule has 1 N–H and O–H groups in total. The van der Waals surface area contributed by atoms with Crippen LogP contribution in [0.1, 0.15) is 11.3 Å². The van der Waals surface area contributed by atoms with E-state index in [1.807, 2.05) is 12.1 Å². The number of fused-ring (bicyclic) bond motifs is 1. The minimum atomic E-state index is -0.497. The average molecular weight is 278 g/mol. The van der Waals surface area contributed by atoms with Gasteiger partial charge in [0, 0.05) is 11.4 Å². The number of ether oxygens (including phenoxy) is 1. The molecule has 2 heterocycles. The van der Waals surface area contributed by atoms with E-state index >= 15 is 0 Å². The number of nitrogens with one attached hydrogen (secondary N) is 1. The van der Waals surface area contributed by atoms with E-state index in [0.717, 1.165) is 11.3 Å². The molecule has 0 unspecified atom stereocenters. The third-order valence-corrected chi connectivity index (χ3v) is 3.24. The van der Waals surface area contributed by atoms with Gasteiger partial charge in [0.2, 0.25) is 0 Å². The van der Waals surface area contributed by atoms with Gasteiger partial charge < -0.3 is 14.5 Å². The van der Waals surface area contributed by atoms with Crippen LogP contribution < -0.4 is 10.1 Å². The van der Waals surface area contributed by atoms with Gasteiger partial charge in [-0.2, -0.15) is 0 Å². The highest BCUT2D eigenvalue weighted by Gasteiger charge is 2.29. The van der Waals surface area contributed by atoms with Gasteiger partial charge in [0.05, 0.1) is 12.8 Å². The summed E-state index contributed by atoms with van der Waals surface area (Å²) in [4.78, 5) is 12.0. The fourth-order valence-electron chi connectivity index (χ4n) is 2.06. The van der Waals surface area contributed by atoms with Gasteiger partial charge in [0.1, 0.15) is 11.5 Å². The van der Waals surface area contributed by atoms with Crippen LogP contribution in [0.5, 0.6) is 5.75 Å². The minimum absolute atomic E-state index is 0.149. The van der Waals surface area contributed by atoms with Gasteiger partial charge in [-0.05, 0) is 35.9 Å². The molecule has 98 valence electrons. The summed E-state index contributed by atoms with van der Waals surface area (Å²) in [6.45, 7) is 0.364. The van der Waals surface area contributed by atoms with Gasteiger partial charge in [-0.15, -0.1) is 0 Å². The number of hydrogen-bond acceptors (Lipinski definition) is 3. The molecule has 0 fully saturated rings. The first-order chi connectivity index (χ1) is 9.22. The topological polar surface area (TPSA) is 51.5 Å². The van der Waals surface area contributed by atoms with Gasteiger partial charge in [-0.1, -0.05) is 11.6 Å². The first-order valence-electron chi connectivity index (χ1n) is 5.97. The second-order valence-electron chi connectivity index (χ2n) is 4.36.